The maximum atomic E-state index is 5.46. The van der Waals surface area contributed by atoms with Crippen LogP contribution in [0, 0.1) is 0 Å². The molecule has 0 saturated heterocycles. The van der Waals surface area contributed by atoms with E-state index in [1.54, 1.807) is 4.68 Å². The molecule has 0 unspecified atom stereocenters. The molecule has 0 aliphatic carbocycles. The lowest BCUT2D eigenvalue weighted by atomic mass is 10.5. The van der Waals surface area contributed by atoms with Gasteiger partial charge in [-0.2, -0.15) is 5.10 Å². The number of nitrogens with zero attached hydrogens (tertiary/aromatic N) is 3. The summed E-state index contributed by atoms with van der Waals surface area (Å²) in [6.45, 7) is 4.71. The van der Waals surface area contributed by atoms with Gasteiger partial charge in [0, 0.05) is 6.61 Å². The quantitative estimate of drug-likeness (QED) is 0.640. The second-order valence-electron chi connectivity index (χ2n) is 2.72. The van der Waals surface area contributed by atoms with E-state index in [0.29, 0.717) is 13.2 Å². The molecule has 0 aromatic carbocycles. The zero-order valence-electron chi connectivity index (χ0n) is 7.94. The van der Waals surface area contributed by atoms with Crippen molar-refractivity contribution in [2.45, 2.75) is 26.4 Å². The average Bonchev–Trinajstić information content (AvgIpc) is 2.60. The normalized spacial score (nSPS) is 10.6. The summed E-state index contributed by atoms with van der Waals surface area (Å²) in [6, 6.07) is 0. The van der Waals surface area contributed by atoms with Gasteiger partial charge in [-0.1, -0.05) is 6.92 Å². The molecule has 74 valence electrons. The van der Waals surface area contributed by atoms with Gasteiger partial charge in [-0.25, -0.2) is 9.67 Å². The molecule has 0 saturated carbocycles. The van der Waals surface area contributed by atoms with Gasteiger partial charge in [0.05, 0.1) is 19.7 Å². The SMILES string of the molecule is CCCOCCn1ncnc1CN. The van der Waals surface area contributed by atoms with E-state index in [4.69, 9.17) is 10.5 Å². The maximum absolute atomic E-state index is 5.46. The van der Waals surface area contributed by atoms with E-state index in [1.807, 2.05) is 0 Å². The fraction of sp³-hybridized carbons (Fsp3) is 0.750. The first kappa shape index (κ1) is 10.1. The number of hydrogen-bond donors (Lipinski definition) is 1. The van der Waals surface area contributed by atoms with E-state index in [2.05, 4.69) is 17.0 Å². The monoisotopic (exact) mass is 184 g/mol. The van der Waals surface area contributed by atoms with Gasteiger partial charge in [-0.05, 0) is 6.42 Å². The Morgan fingerprint density at radius 1 is 1.54 bits per heavy atom. The van der Waals surface area contributed by atoms with Gasteiger partial charge < -0.3 is 10.5 Å². The Bertz CT molecular complexity index is 236. The van der Waals surface area contributed by atoms with E-state index >= 15 is 0 Å². The van der Waals surface area contributed by atoms with Crippen molar-refractivity contribution in [1.82, 2.24) is 14.8 Å². The lowest BCUT2D eigenvalue weighted by molar-refractivity contribution is 0.123. The molecule has 13 heavy (non-hydrogen) atoms. The summed E-state index contributed by atoms with van der Waals surface area (Å²) < 4.78 is 7.10. The average molecular weight is 184 g/mol. The van der Waals surface area contributed by atoms with Crippen LogP contribution in [-0.4, -0.2) is 28.0 Å². The van der Waals surface area contributed by atoms with Crippen LogP contribution < -0.4 is 5.73 Å². The highest BCUT2D eigenvalue weighted by molar-refractivity contribution is 4.81. The first-order valence-electron chi connectivity index (χ1n) is 4.53. The van der Waals surface area contributed by atoms with Crippen molar-refractivity contribution in [2.75, 3.05) is 13.2 Å². The van der Waals surface area contributed by atoms with Crippen LogP contribution in [0.4, 0.5) is 0 Å². The van der Waals surface area contributed by atoms with E-state index < -0.39 is 0 Å². The summed E-state index contributed by atoms with van der Waals surface area (Å²) in [4.78, 5) is 4.00. The van der Waals surface area contributed by atoms with E-state index in [-0.39, 0.29) is 0 Å². The van der Waals surface area contributed by atoms with Gasteiger partial charge in [-0.15, -0.1) is 0 Å². The highest BCUT2D eigenvalue weighted by atomic mass is 16.5. The van der Waals surface area contributed by atoms with Crippen molar-refractivity contribution in [3.63, 3.8) is 0 Å². The minimum atomic E-state index is 0.424. The predicted molar refractivity (Wildman–Crippen MR) is 49.0 cm³/mol. The van der Waals surface area contributed by atoms with Crippen LogP contribution in [0.15, 0.2) is 6.33 Å². The number of hydrogen-bond acceptors (Lipinski definition) is 4. The first-order chi connectivity index (χ1) is 6.38. The molecule has 5 heteroatoms. The Hall–Kier alpha value is -0.940. The molecule has 1 aromatic heterocycles. The molecule has 0 atom stereocenters. The molecule has 0 aliphatic rings. The summed E-state index contributed by atoms with van der Waals surface area (Å²) in [5.74, 6) is 0.806. The fourth-order valence-electron chi connectivity index (χ4n) is 1.03. The van der Waals surface area contributed by atoms with Crippen LogP contribution >= 0.6 is 0 Å². The highest BCUT2D eigenvalue weighted by Crippen LogP contribution is 1.92. The molecule has 0 bridgehead atoms. The van der Waals surface area contributed by atoms with Gasteiger partial charge in [0.25, 0.3) is 0 Å². The molecule has 0 aliphatic heterocycles. The number of aromatic nitrogens is 3. The zero-order chi connectivity index (χ0) is 9.52. The second kappa shape index (κ2) is 5.66. The van der Waals surface area contributed by atoms with Gasteiger partial charge in [-0.3, -0.25) is 0 Å². The first-order valence-corrected chi connectivity index (χ1v) is 4.53. The summed E-state index contributed by atoms with van der Waals surface area (Å²) >= 11 is 0. The smallest absolute Gasteiger partial charge is 0.140 e. The molecule has 1 aromatic rings. The van der Waals surface area contributed by atoms with Crippen molar-refractivity contribution < 1.29 is 4.74 Å². The van der Waals surface area contributed by atoms with Crippen molar-refractivity contribution in [2.24, 2.45) is 5.73 Å². The number of rotatable bonds is 6. The predicted octanol–water partition coefficient (Wildman–Crippen LogP) is 0.163. The Morgan fingerprint density at radius 2 is 2.38 bits per heavy atom. The Balaban J connectivity index is 2.27. The summed E-state index contributed by atoms with van der Waals surface area (Å²) in [5, 5.41) is 4.03. The molecule has 2 N–H and O–H groups in total. The van der Waals surface area contributed by atoms with Crippen LogP contribution in [-0.2, 0) is 17.8 Å². The minimum Gasteiger partial charge on any atom is -0.380 e. The molecule has 0 spiro atoms. The molecule has 1 heterocycles. The van der Waals surface area contributed by atoms with Crippen LogP contribution in [0.5, 0.6) is 0 Å². The molecule has 5 nitrogen and oxygen atoms in total. The second-order valence-corrected chi connectivity index (χ2v) is 2.72. The largest absolute Gasteiger partial charge is 0.380 e. The van der Waals surface area contributed by atoms with Gasteiger partial charge in [0.2, 0.25) is 0 Å². The van der Waals surface area contributed by atoms with Gasteiger partial charge in [0.15, 0.2) is 0 Å². The van der Waals surface area contributed by atoms with Crippen LogP contribution in [0.1, 0.15) is 19.2 Å². The maximum Gasteiger partial charge on any atom is 0.140 e. The standard InChI is InChI=1S/C8H16N4O/c1-2-4-13-5-3-12-8(6-9)10-7-11-12/h7H,2-6,9H2,1H3. The summed E-state index contributed by atoms with van der Waals surface area (Å²) in [5.41, 5.74) is 5.46. The van der Waals surface area contributed by atoms with E-state index in [0.717, 1.165) is 25.4 Å². The summed E-state index contributed by atoms with van der Waals surface area (Å²) in [7, 11) is 0. The Morgan fingerprint density at radius 3 is 3.08 bits per heavy atom. The molecule has 0 amide bonds. The lowest BCUT2D eigenvalue weighted by Crippen LogP contribution is -2.13. The topological polar surface area (TPSA) is 66.0 Å². The molecule has 1 rings (SSSR count). The number of ether oxygens (including phenoxy) is 1. The van der Waals surface area contributed by atoms with Crippen molar-refractivity contribution in [3.8, 4) is 0 Å². The van der Waals surface area contributed by atoms with Crippen molar-refractivity contribution in [1.29, 1.82) is 0 Å². The minimum absolute atomic E-state index is 0.424. The van der Waals surface area contributed by atoms with Crippen LogP contribution in [0.2, 0.25) is 0 Å². The lowest BCUT2D eigenvalue weighted by Gasteiger charge is -2.04. The molecular weight excluding hydrogens is 168 g/mol. The Kier molecular flexibility index (Phi) is 4.42. The summed E-state index contributed by atoms with van der Waals surface area (Å²) in [6.07, 6.45) is 2.56. The van der Waals surface area contributed by atoms with E-state index in [1.165, 1.54) is 6.33 Å². The zero-order valence-corrected chi connectivity index (χ0v) is 7.94. The van der Waals surface area contributed by atoms with Gasteiger partial charge >= 0.3 is 0 Å². The van der Waals surface area contributed by atoms with Gasteiger partial charge in [0.1, 0.15) is 12.2 Å². The molecular formula is C8H16N4O. The Labute approximate surface area is 77.9 Å². The van der Waals surface area contributed by atoms with Crippen molar-refractivity contribution >= 4 is 0 Å². The fourth-order valence-corrected chi connectivity index (χ4v) is 1.03. The third kappa shape index (κ3) is 3.12. The third-order valence-corrected chi connectivity index (χ3v) is 1.67. The van der Waals surface area contributed by atoms with Crippen molar-refractivity contribution in [3.05, 3.63) is 12.2 Å². The number of nitrogens with two attached hydrogens (primary N) is 1. The molecule has 0 fully saturated rings. The molecule has 0 radical (unpaired) electrons. The highest BCUT2D eigenvalue weighted by Gasteiger charge is 2.00. The van der Waals surface area contributed by atoms with Crippen LogP contribution in [0.3, 0.4) is 0 Å². The van der Waals surface area contributed by atoms with E-state index in [9.17, 15) is 0 Å². The van der Waals surface area contributed by atoms with Crippen LogP contribution in [0.25, 0.3) is 0 Å². The third-order valence-electron chi connectivity index (χ3n) is 1.67.